The zero-order chi connectivity index (χ0) is 17.5. The first-order valence-electron chi connectivity index (χ1n) is 8.40. The Kier molecular flexibility index (Phi) is 6.52. The number of nitrogens with one attached hydrogen (secondary N) is 1. The number of benzene rings is 1. The van der Waals surface area contributed by atoms with Gasteiger partial charge in [0.05, 0.1) is 12.9 Å². The summed E-state index contributed by atoms with van der Waals surface area (Å²) in [4.78, 5) is 14.3. The summed E-state index contributed by atoms with van der Waals surface area (Å²) in [6, 6.07) is 7.65. The number of ether oxygens (including phenoxy) is 1. The number of methoxy groups -OCH3 is 1. The lowest BCUT2D eigenvalue weighted by molar-refractivity contribution is -0.128. The molecule has 6 nitrogen and oxygen atoms in total. The Morgan fingerprint density at radius 3 is 2.84 bits per heavy atom. The number of hydrogen-bond acceptors (Lipinski definition) is 7. The Morgan fingerprint density at radius 2 is 2.08 bits per heavy atom. The Balaban J connectivity index is 1.51. The van der Waals surface area contributed by atoms with Gasteiger partial charge in [0.25, 0.3) is 0 Å². The van der Waals surface area contributed by atoms with Crippen molar-refractivity contribution in [3.8, 4) is 5.75 Å². The van der Waals surface area contributed by atoms with Crippen LogP contribution in [0.4, 0.5) is 10.8 Å². The lowest BCUT2D eigenvalue weighted by Gasteiger charge is -2.19. The van der Waals surface area contributed by atoms with Gasteiger partial charge in [0.15, 0.2) is 4.34 Å². The molecule has 1 aliphatic rings. The summed E-state index contributed by atoms with van der Waals surface area (Å²) >= 11 is 2.91. The maximum Gasteiger partial charge on any atom is 0.233 e. The van der Waals surface area contributed by atoms with Crippen molar-refractivity contribution in [3.63, 3.8) is 0 Å². The van der Waals surface area contributed by atoms with Gasteiger partial charge in [-0.1, -0.05) is 42.0 Å². The van der Waals surface area contributed by atoms with Crippen LogP contribution in [-0.2, 0) is 4.79 Å². The number of rotatable bonds is 6. The van der Waals surface area contributed by atoms with Crippen molar-refractivity contribution in [3.05, 3.63) is 24.3 Å². The SMILES string of the molecule is COc1cccc(Nc2nnc(SCC(=O)N3CCCCCC3)s2)c1. The van der Waals surface area contributed by atoms with Crippen molar-refractivity contribution in [2.75, 3.05) is 31.3 Å². The Morgan fingerprint density at radius 1 is 1.28 bits per heavy atom. The minimum Gasteiger partial charge on any atom is -0.497 e. The van der Waals surface area contributed by atoms with Gasteiger partial charge in [-0.05, 0) is 25.0 Å². The minimum absolute atomic E-state index is 0.199. The van der Waals surface area contributed by atoms with E-state index in [0.717, 1.165) is 41.7 Å². The molecule has 2 aromatic rings. The van der Waals surface area contributed by atoms with E-state index in [1.807, 2.05) is 29.2 Å². The van der Waals surface area contributed by atoms with Crippen LogP contribution in [-0.4, -0.2) is 47.0 Å². The molecule has 0 radical (unpaired) electrons. The van der Waals surface area contributed by atoms with Gasteiger partial charge in [-0.2, -0.15) is 0 Å². The molecule has 0 saturated carbocycles. The quantitative estimate of drug-likeness (QED) is 0.772. The van der Waals surface area contributed by atoms with Crippen LogP contribution in [0.1, 0.15) is 25.7 Å². The fraction of sp³-hybridized carbons (Fsp3) is 0.471. The summed E-state index contributed by atoms with van der Waals surface area (Å²) in [6.45, 7) is 1.77. The lowest BCUT2D eigenvalue weighted by Crippen LogP contribution is -2.33. The monoisotopic (exact) mass is 378 g/mol. The number of anilines is 2. The van der Waals surface area contributed by atoms with Crippen molar-refractivity contribution >= 4 is 39.8 Å². The standard InChI is InChI=1S/C17H22N4O2S2/c1-23-14-8-6-7-13(11-14)18-16-19-20-17(25-16)24-12-15(22)21-9-4-2-3-5-10-21/h6-8,11H,2-5,9-10,12H2,1H3,(H,18,19). The molecule has 3 rings (SSSR count). The first-order chi connectivity index (χ1) is 12.2. The van der Waals surface area contributed by atoms with Crippen LogP contribution in [0, 0.1) is 0 Å². The average molecular weight is 379 g/mol. The highest BCUT2D eigenvalue weighted by Gasteiger charge is 2.16. The number of aromatic nitrogens is 2. The molecular weight excluding hydrogens is 356 g/mol. The fourth-order valence-electron chi connectivity index (χ4n) is 2.68. The van der Waals surface area contributed by atoms with Gasteiger partial charge in [0, 0.05) is 24.8 Å². The largest absolute Gasteiger partial charge is 0.497 e. The van der Waals surface area contributed by atoms with Gasteiger partial charge in [-0.25, -0.2) is 0 Å². The van der Waals surface area contributed by atoms with Gasteiger partial charge in [-0.3, -0.25) is 4.79 Å². The summed E-state index contributed by atoms with van der Waals surface area (Å²) in [5, 5.41) is 12.2. The maximum atomic E-state index is 12.3. The second kappa shape index (κ2) is 9.05. The van der Waals surface area contributed by atoms with Crippen molar-refractivity contribution < 1.29 is 9.53 Å². The Labute approximate surface area is 156 Å². The minimum atomic E-state index is 0.199. The fourth-order valence-corrected chi connectivity index (χ4v) is 4.35. The number of thioether (sulfide) groups is 1. The number of likely N-dealkylation sites (tertiary alicyclic amines) is 1. The van der Waals surface area contributed by atoms with Crippen LogP contribution in [0.15, 0.2) is 28.6 Å². The van der Waals surface area contributed by atoms with Crippen molar-refractivity contribution in [1.29, 1.82) is 0 Å². The smallest absolute Gasteiger partial charge is 0.233 e. The summed E-state index contributed by atoms with van der Waals surface area (Å²) in [6.07, 6.45) is 4.69. The summed E-state index contributed by atoms with van der Waals surface area (Å²) in [5.41, 5.74) is 0.896. The van der Waals surface area contributed by atoms with E-state index >= 15 is 0 Å². The van der Waals surface area contributed by atoms with E-state index in [1.165, 1.54) is 35.9 Å². The van der Waals surface area contributed by atoms with Crippen LogP contribution in [0.25, 0.3) is 0 Å². The molecule has 1 aromatic heterocycles. The van der Waals surface area contributed by atoms with E-state index in [0.29, 0.717) is 10.9 Å². The molecule has 25 heavy (non-hydrogen) atoms. The Hall–Kier alpha value is -1.80. The number of carbonyl (C=O) groups excluding carboxylic acids is 1. The van der Waals surface area contributed by atoms with Gasteiger partial charge >= 0.3 is 0 Å². The molecule has 1 amide bonds. The highest BCUT2D eigenvalue weighted by atomic mass is 32.2. The van der Waals surface area contributed by atoms with Crippen LogP contribution in [0.5, 0.6) is 5.75 Å². The predicted octanol–water partition coefficient (Wildman–Crippen LogP) is 3.79. The first-order valence-corrected chi connectivity index (χ1v) is 10.2. The third kappa shape index (κ3) is 5.34. The molecule has 134 valence electrons. The van der Waals surface area contributed by atoms with E-state index in [9.17, 15) is 4.79 Å². The van der Waals surface area contributed by atoms with Crippen LogP contribution in [0.3, 0.4) is 0 Å². The van der Waals surface area contributed by atoms with Crippen molar-refractivity contribution in [1.82, 2.24) is 15.1 Å². The molecule has 1 fully saturated rings. The lowest BCUT2D eigenvalue weighted by atomic mass is 10.2. The number of hydrogen-bond donors (Lipinski definition) is 1. The molecule has 1 aromatic carbocycles. The molecule has 0 atom stereocenters. The predicted molar refractivity (Wildman–Crippen MR) is 102 cm³/mol. The highest BCUT2D eigenvalue weighted by molar-refractivity contribution is 8.01. The van der Waals surface area contributed by atoms with Crippen molar-refractivity contribution in [2.45, 2.75) is 30.0 Å². The van der Waals surface area contributed by atoms with Crippen LogP contribution in [0.2, 0.25) is 0 Å². The van der Waals surface area contributed by atoms with Gasteiger partial charge in [0.2, 0.25) is 11.0 Å². The van der Waals surface area contributed by atoms with Gasteiger partial charge in [-0.15, -0.1) is 10.2 Å². The topological polar surface area (TPSA) is 67.3 Å². The molecule has 1 saturated heterocycles. The summed E-state index contributed by atoms with van der Waals surface area (Å²) in [7, 11) is 1.64. The molecule has 0 bridgehead atoms. The van der Waals surface area contributed by atoms with Crippen LogP contribution >= 0.6 is 23.1 Å². The van der Waals surface area contributed by atoms with E-state index in [2.05, 4.69) is 15.5 Å². The molecular formula is C17H22N4O2S2. The molecule has 0 unspecified atom stereocenters. The molecule has 1 N–H and O–H groups in total. The van der Waals surface area contributed by atoms with E-state index in [1.54, 1.807) is 7.11 Å². The third-order valence-corrected chi connectivity index (χ3v) is 5.96. The first kappa shape index (κ1) is 18.0. The molecule has 0 spiro atoms. The number of nitrogens with zero attached hydrogens (tertiary/aromatic N) is 3. The Bertz CT molecular complexity index is 699. The third-order valence-electron chi connectivity index (χ3n) is 4.01. The number of carbonyl (C=O) groups is 1. The second-order valence-corrected chi connectivity index (χ2v) is 8.01. The molecule has 1 aliphatic heterocycles. The van der Waals surface area contributed by atoms with Crippen molar-refractivity contribution in [2.24, 2.45) is 0 Å². The zero-order valence-electron chi connectivity index (χ0n) is 14.2. The summed E-state index contributed by atoms with van der Waals surface area (Å²) < 4.78 is 6.01. The average Bonchev–Trinajstić information content (AvgIpc) is 2.90. The normalized spacial score (nSPS) is 14.8. The van der Waals surface area contributed by atoms with Crippen LogP contribution < -0.4 is 10.1 Å². The number of amides is 1. The van der Waals surface area contributed by atoms with E-state index in [4.69, 9.17) is 4.74 Å². The molecule has 0 aliphatic carbocycles. The molecule has 2 heterocycles. The second-order valence-electron chi connectivity index (χ2n) is 5.81. The highest BCUT2D eigenvalue weighted by Crippen LogP contribution is 2.29. The molecule has 8 heteroatoms. The summed E-state index contributed by atoms with van der Waals surface area (Å²) in [5.74, 6) is 1.41. The van der Waals surface area contributed by atoms with E-state index < -0.39 is 0 Å². The van der Waals surface area contributed by atoms with E-state index in [-0.39, 0.29) is 5.91 Å². The maximum absolute atomic E-state index is 12.3. The van der Waals surface area contributed by atoms with Gasteiger partial charge < -0.3 is 15.0 Å². The zero-order valence-corrected chi connectivity index (χ0v) is 15.9. The van der Waals surface area contributed by atoms with Gasteiger partial charge in [0.1, 0.15) is 5.75 Å².